The highest BCUT2D eigenvalue weighted by atomic mass is 19.1. The number of halogens is 1. The molecule has 12 heavy (non-hydrogen) atoms. The van der Waals surface area contributed by atoms with Gasteiger partial charge in [0.05, 0.1) is 5.70 Å². The minimum Gasteiger partial charge on any atom is -0.207 e. The molecule has 1 aromatic carbocycles. The van der Waals surface area contributed by atoms with E-state index >= 15 is 0 Å². The van der Waals surface area contributed by atoms with E-state index in [0.717, 1.165) is 5.56 Å². The summed E-state index contributed by atoms with van der Waals surface area (Å²) in [6, 6.07) is 5.85. The van der Waals surface area contributed by atoms with E-state index < -0.39 is 0 Å². The van der Waals surface area contributed by atoms with Crippen molar-refractivity contribution in [2.24, 2.45) is 5.18 Å². The van der Waals surface area contributed by atoms with E-state index in [4.69, 9.17) is 0 Å². The van der Waals surface area contributed by atoms with Crippen LogP contribution in [-0.2, 0) is 0 Å². The molecule has 0 spiro atoms. The normalized spacial score (nSPS) is 11.3. The molecule has 0 saturated heterocycles. The number of hydrogen-bond acceptors (Lipinski definition) is 2. The van der Waals surface area contributed by atoms with Crippen molar-refractivity contribution in [3.8, 4) is 0 Å². The molecule has 0 unspecified atom stereocenters. The molecule has 0 fully saturated rings. The summed E-state index contributed by atoms with van der Waals surface area (Å²) in [6.45, 7) is 1.59. The van der Waals surface area contributed by atoms with E-state index in [9.17, 15) is 9.30 Å². The fraction of sp³-hybridized carbons (Fsp3) is 0.111. The second-order valence-electron chi connectivity index (χ2n) is 2.43. The maximum absolute atomic E-state index is 12.4. The van der Waals surface area contributed by atoms with Gasteiger partial charge in [-0.3, -0.25) is 0 Å². The fourth-order valence-electron chi connectivity index (χ4n) is 0.827. The molecule has 0 atom stereocenters. The molecular weight excluding hydrogens is 157 g/mol. The predicted octanol–water partition coefficient (Wildman–Crippen LogP) is 2.95. The summed E-state index contributed by atoms with van der Waals surface area (Å²) in [6.07, 6.45) is 1.59. The van der Waals surface area contributed by atoms with Crippen LogP contribution < -0.4 is 0 Å². The van der Waals surface area contributed by atoms with Crippen molar-refractivity contribution in [1.82, 2.24) is 0 Å². The van der Waals surface area contributed by atoms with Crippen LogP contribution in [-0.4, -0.2) is 0 Å². The minimum absolute atomic E-state index is 0.288. The van der Waals surface area contributed by atoms with Crippen molar-refractivity contribution in [2.75, 3.05) is 0 Å². The van der Waals surface area contributed by atoms with Gasteiger partial charge in [0.15, 0.2) is 0 Å². The number of nitrogens with zero attached hydrogens (tertiary/aromatic N) is 1. The summed E-state index contributed by atoms with van der Waals surface area (Å²) in [5, 5.41) is 2.72. The van der Waals surface area contributed by atoms with Crippen LogP contribution in [0.4, 0.5) is 4.39 Å². The predicted molar refractivity (Wildman–Crippen MR) is 45.8 cm³/mol. The molecule has 0 aromatic heterocycles. The summed E-state index contributed by atoms with van der Waals surface area (Å²) >= 11 is 0. The van der Waals surface area contributed by atoms with Crippen LogP contribution in [0.5, 0.6) is 0 Å². The lowest BCUT2D eigenvalue weighted by molar-refractivity contribution is 0.628. The largest absolute Gasteiger partial charge is 0.207 e. The Bertz CT molecular complexity index is 303. The first-order valence-electron chi connectivity index (χ1n) is 3.49. The topological polar surface area (TPSA) is 29.4 Å². The Balaban J connectivity index is 2.91. The number of allylic oxidation sites excluding steroid dienone is 1. The molecule has 0 aliphatic carbocycles. The van der Waals surface area contributed by atoms with E-state index in [1.54, 1.807) is 25.1 Å². The van der Waals surface area contributed by atoms with Crippen molar-refractivity contribution in [3.63, 3.8) is 0 Å². The van der Waals surface area contributed by atoms with Gasteiger partial charge in [0.2, 0.25) is 0 Å². The summed E-state index contributed by atoms with van der Waals surface area (Å²) in [4.78, 5) is 9.98. The average molecular weight is 165 g/mol. The van der Waals surface area contributed by atoms with Gasteiger partial charge in [-0.2, -0.15) is 0 Å². The number of nitroso groups, excluding NO2 is 1. The van der Waals surface area contributed by atoms with Gasteiger partial charge >= 0.3 is 0 Å². The van der Waals surface area contributed by atoms with E-state index in [2.05, 4.69) is 5.18 Å². The standard InChI is InChI=1S/C9H8FNO/c1-7(11-12)6-8-2-4-9(10)5-3-8/h2-6H,1H3. The molecule has 0 N–H and O–H groups in total. The van der Waals surface area contributed by atoms with Crippen LogP contribution >= 0.6 is 0 Å². The zero-order chi connectivity index (χ0) is 8.97. The highest BCUT2D eigenvalue weighted by Gasteiger charge is 1.91. The van der Waals surface area contributed by atoms with E-state index in [1.807, 2.05) is 0 Å². The first kappa shape index (κ1) is 8.59. The molecule has 1 aromatic rings. The fourth-order valence-corrected chi connectivity index (χ4v) is 0.827. The lowest BCUT2D eigenvalue weighted by atomic mass is 10.2. The van der Waals surface area contributed by atoms with Crippen molar-refractivity contribution in [2.45, 2.75) is 6.92 Å². The zero-order valence-electron chi connectivity index (χ0n) is 6.62. The Labute approximate surface area is 69.7 Å². The Morgan fingerprint density at radius 3 is 2.50 bits per heavy atom. The van der Waals surface area contributed by atoms with Crippen molar-refractivity contribution < 1.29 is 4.39 Å². The van der Waals surface area contributed by atoms with Crippen molar-refractivity contribution >= 4 is 6.08 Å². The molecule has 0 bridgehead atoms. The molecule has 0 aliphatic rings. The highest BCUT2D eigenvalue weighted by Crippen LogP contribution is 2.08. The third-order valence-corrected chi connectivity index (χ3v) is 1.39. The Hall–Kier alpha value is -1.51. The lowest BCUT2D eigenvalue weighted by Crippen LogP contribution is -1.75. The molecule has 62 valence electrons. The maximum atomic E-state index is 12.4. The maximum Gasteiger partial charge on any atom is 0.123 e. The second kappa shape index (κ2) is 3.76. The van der Waals surface area contributed by atoms with Gasteiger partial charge in [-0.05, 0) is 35.9 Å². The zero-order valence-corrected chi connectivity index (χ0v) is 6.62. The van der Waals surface area contributed by atoms with Gasteiger partial charge < -0.3 is 0 Å². The summed E-state index contributed by atoms with van der Waals surface area (Å²) in [7, 11) is 0. The smallest absolute Gasteiger partial charge is 0.123 e. The number of hydrogen-bond donors (Lipinski definition) is 0. The van der Waals surface area contributed by atoms with Gasteiger partial charge in [0.1, 0.15) is 5.82 Å². The summed E-state index contributed by atoms with van der Waals surface area (Å²) in [5.41, 5.74) is 1.15. The van der Waals surface area contributed by atoms with Crippen LogP contribution in [0.25, 0.3) is 6.08 Å². The van der Waals surface area contributed by atoms with Gasteiger partial charge in [-0.1, -0.05) is 12.1 Å². The van der Waals surface area contributed by atoms with Crippen LogP contribution in [0, 0.1) is 10.7 Å². The first-order valence-corrected chi connectivity index (χ1v) is 3.49. The molecule has 0 heterocycles. The summed E-state index contributed by atoms with van der Waals surface area (Å²) in [5.74, 6) is -0.288. The molecule has 1 rings (SSSR count). The average Bonchev–Trinajstić information content (AvgIpc) is 2.09. The quantitative estimate of drug-likeness (QED) is 0.619. The lowest BCUT2D eigenvalue weighted by Gasteiger charge is -1.92. The van der Waals surface area contributed by atoms with Crippen LogP contribution in [0.1, 0.15) is 12.5 Å². The van der Waals surface area contributed by atoms with E-state index in [0.29, 0.717) is 5.70 Å². The second-order valence-corrected chi connectivity index (χ2v) is 2.43. The third kappa shape index (κ3) is 2.27. The monoisotopic (exact) mass is 165 g/mol. The van der Waals surface area contributed by atoms with Crippen LogP contribution in [0.2, 0.25) is 0 Å². The van der Waals surface area contributed by atoms with Gasteiger partial charge in [-0.15, -0.1) is 4.91 Å². The van der Waals surface area contributed by atoms with Gasteiger partial charge in [-0.25, -0.2) is 4.39 Å². The first-order chi connectivity index (χ1) is 5.72. The van der Waals surface area contributed by atoms with Crippen molar-refractivity contribution in [1.29, 1.82) is 0 Å². The molecule has 0 amide bonds. The Morgan fingerprint density at radius 1 is 1.42 bits per heavy atom. The van der Waals surface area contributed by atoms with E-state index in [1.165, 1.54) is 12.1 Å². The number of benzene rings is 1. The van der Waals surface area contributed by atoms with E-state index in [-0.39, 0.29) is 5.82 Å². The van der Waals surface area contributed by atoms with Gasteiger partial charge in [0.25, 0.3) is 0 Å². The number of rotatable bonds is 2. The highest BCUT2D eigenvalue weighted by molar-refractivity contribution is 5.51. The molecular formula is C9H8FNO. The Morgan fingerprint density at radius 2 is 2.00 bits per heavy atom. The summed E-state index contributed by atoms with van der Waals surface area (Å²) < 4.78 is 12.4. The molecule has 0 radical (unpaired) electrons. The third-order valence-electron chi connectivity index (χ3n) is 1.39. The Kier molecular flexibility index (Phi) is 2.69. The minimum atomic E-state index is -0.288. The molecule has 2 nitrogen and oxygen atoms in total. The molecule has 0 saturated carbocycles. The molecule has 0 aliphatic heterocycles. The van der Waals surface area contributed by atoms with Gasteiger partial charge in [0, 0.05) is 0 Å². The SMILES string of the molecule is CC(=Cc1ccc(F)cc1)N=O. The molecule has 3 heteroatoms. The van der Waals surface area contributed by atoms with Crippen molar-refractivity contribution in [3.05, 3.63) is 46.3 Å². The van der Waals surface area contributed by atoms with Crippen LogP contribution in [0.3, 0.4) is 0 Å². The van der Waals surface area contributed by atoms with Crippen LogP contribution in [0.15, 0.2) is 35.1 Å².